The first-order valence-corrected chi connectivity index (χ1v) is 5.59. The van der Waals surface area contributed by atoms with Crippen LogP contribution in [0, 0.1) is 11.3 Å². The molecule has 1 rings (SSSR count). The molecule has 1 atom stereocenters. The van der Waals surface area contributed by atoms with Gasteiger partial charge < -0.3 is 10.4 Å². The standard InChI is InChI=1S/C10H19NO2S/c1-7(2)8(14)9(13)11-5-10(6-12)3-4-10/h7-8,12,14H,3-6H2,1-2H3,(H,11,13). The summed E-state index contributed by atoms with van der Waals surface area (Å²) in [5, 5.41) is 11.6. The van der Waals surface area contributed by atoms with Gasteiger partial charge in [-0.15, -0.1) is 0 Å². The maximum Gasteiger partial charge on any atom is 0.233 e. The van der Waals surface area contributed by atoms with E-state index in [4.69, 9.17) is 5.11 Å². The number of hydrogen-bond donors (Lipinski definition) is 3. The van der Waals surface area contributed by atoms with E-state index >= 15 is 0 Å². The summed E-state index contributed by atoms with van der Waals surface area (Å²) in [6, 6.07) is 0. The van der Waals surface area contributed by atoms with Crippen molar-refractivity contribution in [2.45, 2.75) is 31.9 Å². The summed E-state index contributed by atoms with van der Waals surface area (Å²) in [6.45, 7) is 4.70. The Morgan fingerprint density at radius 2 is 2.14 bits per heavy atom. The highest BCUT2D eigenvalue weighted by atomic mass is 32.1. The number of carbonyl (C=O) groups excluding carboxylic acids is 1. The third-order valence-corrected chi connectivity index (χ3v) is 3.66. The predicted molar refractivity (Wildman–Crippen MR) is 59.4 cm³/mol. The Morgan fingerprint density at radius 3 is 2.50 bits per heavy atom. The maximum atomic E-state index is 11.5. The lowest BCUT2D eigenvalue weighted by atomic mass is 10.1. The van der Waals surface area contributed by atoms with E-state index in [-0.39, 0.29) is 29.1 Å². The molecule has 0 radical (unpaired) electrons. The van der Waals surface area contributed by atoms with Gasteiger partial charge in [0, 0.05) is 12.0 Å². The minimum Gasteiger partial charge on any atom is -0.396 e. The summed E-state index contributed by atoms with van der Waals surface area (Å²) in [5.41, 5.74) is -0.0138. The second-order valence-electron chi connectivity index (χ2n) is 4.56. The molecule has 3 nitrogen and oxygen atoms in total. The van der Waals surface area contributed by atoms with Gasteiger partial charge in [0.25, 0.3) is 0 Å². The van der Waals surface area contributed by atoms with Gasteiger partial charge in [0.15, 0.2) is 0 Å². The summed E-state index contributed by atoms with van der Waals surface area (Å²) in [7, 11) is 0. The fourth-order valence-electron chi connectivity index (χ4n) is 1.25. The van der Waals surface area contributed by atoms with Crippen LogP contribution in [-0.2, 0) is 4.79 Å². The number of aliphatic hydroxyl groups excluding tert-OH is 1. The summed E-state index contributed by atoms with van der Waals surface area (Å²) < 4.78 is 0. The van der Waals surface area contributed by atoms with Gasteiger partial charge in [-0.1, -0.05) is 13.8 Å². The molecule has 1 fully saturated rings. The average Bonchev–Trinajstić information content (AvgIpc) is 2.93. The normalized spacial score (nSPS) is 20.6. The molecule has 0 aliphatic heterocycles. The van der Waals surface area contributed by atoms with Crippen molar-refractivity contribution in [2.24, 2.45) is 11.3 Å². The van der Waals surface area contributed by atoms with E-state index in [0.717, 1.165) is 12.8 Å². The highest BCUT2D eigenvalue weighted by Gasteiger charge is 2.42. The number of carbonyl (C=O) groups is 1. The zero-order valence-electron chi connectivity index (χ0n) is 8.79. The lowest BCUT2D eigenvalue weighted by molar-refractivity contribution is -0.121. The van der Waals surface area contributed by atoms with Crippen LogP contribution < -0.4 is 5.32 Å². The zero-order chi connectivity index (χ0) is 10.8. The Bertz CT molecular complexity index is 214. The topological polar surface area (TPSA) is 49.3 Å². The molecular formula is C10H19NO2S. The van der Waals surface area contributed by atoms with Crippen molar-refractivity contribution in [2.75, 3.05) is 13.2 Å². The van der Waals surface area contributed by atoms with E-state index in [1.165, 1.54) is 0 Å². The van der Waals surface area contributed by atoms with Crippen molar-refractivity contribution >= 4 is 18.5 Å². The fraction of sp³-hybridized carbons (Fsp3) is 0.900. The molecule has 82 valence electrons. The van der Waals surface area contributed by atoms with Crippen LogP contribution in [-0.4, -0.2) is 29.4 Å². The SMILES string of the molecule is CC(C)C(S)C(=O)NCC1(CO)CC1. The predicted octanol–water partition coefficient (Wildman–Crippen LogP) is 0.830. The van der Waals surface area contributed by atoms with Crippen molar-refractivity contribution in [1.82, 2.24) is 5.32 Å². The van der Waals surface area contributed by atoms with Gasteiger partial charge in [0.1, 0.15) is 0 Å². The first-order valence-electron chi connectivity index (χ1n) is 5.07. The molecular weight excluding hydrogens is 198 g/mol. The van der Waals surface area contributed by atoms with Gasteiger partial charge in [0.05, 0.1) is 11.9 Å². The van der Waals surface area contributed by atoms with E-state index in [1.54, 1.807) is 0 Å². The van der Waals surface area contributed by atoms with Gasteiger partial charge >= 0.3 is 0 Å². The molecule has 1 aliphatic rings. The molecule has 4 heteroatoms. The van der Waals surface area contributed by atoms with Crippen molar-refractivity contribution in [3.05, 3.63) is 0 Å². The largest absolute Gasteiger partial charge is 0.396 e. The van der Waals surface area contributed by atoms with E-state index in [1.807, 2.05) is 13.8 Å². The van der Waals surface area contributed by atoms with Crippen LogP contribution in [0.1, 0.15) is 26.7 Å². The van der Waals surface area contributed by atoms with Crippen LogP contribution in [0.3, 0.4) is 0 Å². The molecule has 2 N–H and O–H groups in total. The van der Waals surface area contributed by atoms with Crippen molar-refractivity contribution in [3.8, 4) is 0 Å². The molecule has 1 saturated carbocycles. The third kappa shape index (κ3) is 2.89. The molecule has 0 bridgehead atoms. The molecule has 1 unspecified atom stereocenters. The number of amides is 1. The Hall–Kier alpha value is -0.220. The Kier molecular flexibility index (Phi) is 3.84. The lowest BCUT2D eigenvalue weighted by Gasteiger charge is -2.17. The van der Waals surface area contributed by atoms with Crippen LogP contribution in [0.5, 0.6) is 0 Å². The summed E-state index contributed by atoms with van der Waals surface area (Å²) >= 11 is 4.22. The first kappa shape index (κ1) is 11.9. The minimum absolute atomic E-state index is 0.0138. The van der Waals surface area contributed by atoms with Crippen molar-refractivity contribution < 1.29 is 9.90 Å². The average molecular weight is 217 g/mol. The fourth-order valence-corrected chi connectivity index (χ4v) is 1.34. The van der Waals surface area contributed by atoms with Crippen molar-refractivity contribution in [3.63, 3.8) is 0 Å². The number of nitrogens with one attached hydrogen (secondary N) is 1. The van der Waals surface area contributed by atoms with Crippen molar-refractivity contribution in [1.29, 1.82) is 0 Å². The summed E-state index contributed by atoms with van der Waals surface area (Å²) in [5.74, 6) is 0.214. The van der Waals surface area contributed by atoms with Gasteiger partial charge in [-0.25, -0.2) is 0 Å². The van der Waals surface area contributed by atoms with Gasteiger partial charge in [-0.05, 0) is 18.8 Å². The second kappa shape index (κ2) is 4.53. The third-order valence-electron chi connectivity index (χ3n) is 2.83. The van der Waals surface area contributed by atoms with Gasteiger partial charge in [0.2, 0.25) is 5.91 Å². The Labute approximate surface area is 90.7 Å². The molecule has 0 heterocycles. The van der Waals surface area contributed by atoms with E-state index in [0.29, 0.717) is 6.54 Å². The zero-order valence-corrected chi connectivity index (χ0v) is 9.68. The molecule has 0 aromatic carbocycles. The highest BCUT2D eigenvalue weighted by Crippen LogP contribution is 2.44. The quantitative estimate of drug-likeness (QED) is 0.597. The monoisotopic (exact) mass is 217 g/mol. The molecule has 0 saturated heterocycles. The highest BCUT2D eigenvalue weighted by molar-refractivity contribution is 7.81. The van der Waals surface area contributed by atoms with E-state index in [2.05, 4.69) is 17.9 Å². The number of aliphatic hydroxyl groups is 1. The Balaban J connectivity index is 2.28. The summed E-state index contributed by atoms with van der Waals surface area (Å²) in [4.78, 5) is 11.5. The number of hydrogen-bond acceptors (Lipinski definition) is 3. The van der Waals surface area contributed by atoms with E-state index < -0.39 is 0 Å². The Morgan fingerprint density at radius 1 is 1.57 bits per heavy atom. The van der Waals surface area contributed by atoms with Gasteiger partial charge in [-0.2, -0.15) is 12.6 Å². The first-order chi connectivity index (χ1) is 6.51. The maximum absolute atomic E-state index is 11.5. The van der Waals surface area contributed by atoms with Crippen LogP contribution in [0.25, 0.3) is 0 Å². The summed E-state index contributed by atoms with van der Waals surface area (Å²) in [6.07, 6.45) is 2.03. The molecule has 0 aromatic heterocycles. The van der Waals surface area contributed by atoms with Gasteiger partial charge in [-0.3, -0.25) is 4.79 Å². The number of rotatable bonds is 5. The molecule has 0 spiro atoms. The number of thiol groups is 1. The molecule has 14 heavy (non-hydrogen) atoms. The van der Waals surface area contributed by atoms with Crippen LogP contribution in [0.4, 0.5) is 0 Å². The van der Waals surface area contributed by atoms with E-state index in [9.17, 15) is 4.79 Å². The lowest BCUT2D eigenvalue weighted by Crippen LogP contribution is -2.38. The second-order valence-corrected chi connectivity index (χ2v) is 5.12. The molecule has 1 aliphatic carbocycles. The van der Waals surface area contributed by atoms with Crippen LogP contribution >= 0.6 is 12.6 Å². The molecule has 1 amide bonds. The smallest absolute Gasteiger partial charge is 0.233 e. The minimum atomic E-state index is -0.246. The molecule has 0 aromatic rings. The van der Waals surface area contributed by atoms with Crippen LogP contribution in [0.2, 0.25) is 0 Å². The van der Waals surface area contributed by atoms with Crippen LogP contribution in [0.15, 0.2) is 0 Å².